The van der Waals surface area contributed by atoms with E-state index in [0.717, 1.165) is 17.0 Å². The molecule has 33 heavy (non-hydrogen) atoms. The third-order valence-electron chi connectivity index (χ3n) is 5.37. The zero-order valence-corrected chi connectivity index (χ0v) is 17.3. The summed E-state index contributed by atoms with van der Waals surface area (Å²) in [6.07, 6.45) is -4.63. The molecule has 1 aliphatic heterocycles. The zero-order chi connectivity index (χ0) is 23.8. The number of methoxy groups -OCH3 is 1. The summed E-state index contributed by atoms with van der Waals surface area (Å²) in [4.78, 5) is 27.1. The molecule has 1 N–H and O–H groups in total. The lowest BCUT2D eigenvalue weighted by molar-refractivity contribution is -0.137. The Morgan fingerprint density at radius 1 is 0.939 bits per heavy atom. The Bertz CT molecular complexity index is 1230. The van der Waals surface area contributed by atoms with Gasteiger partial charge in [0.1, 0.15) is 11.5 Å². The number of aliphatic hydroxyl groups excluding tert-OH is 1. The van der Waals surface area contributed by atoms with E-state index in [1.54, 1.807) is 42.5 Å². The van der Waals surface area contributed by atoms with Gasteiger partial charge in [0, 0.05) is 11.3 Å². The van der Waals surface area contributed by atoms with Crippen LogP contribution in [0.5, 0.6) is 5.75 Å². The molecule has 4 rings (SSSR count). The van der Waals surface area contributed by atoms with E-state index in [9.17, 15) is 27.9 Å². The molecule has 1 saturated heterocycles. The van der Waals surface area contributed by atoms with Crippen LogP contribution in [0.1, 0.15) is 22.7 Å². The molecular weight excluding hydrogens is 435 g/mol. The van der Waals surface area contributed by atoms with Crippen molar-refractivity contribution in [2.24, 2.45) is 0 Å². The van der Waals surface area contributed by atoms with E-state index in [0.29, 0.717) is 11.3 Å². The highest BCUT2D eigenvalue weighted by Gasteiger charge is 2.47. The molecule has 1 atom stereocenters. The maximum atomic E-state index is 13.3. The average Bonchev–Trinajstić information content (AvgIpc) is 3.09. The lowest BCUT2D eigenvalue weighted by atomic mass is 9.95. The number of halogens is 3. The van der Waals surface area contributed by atoms with Gasteiger partial charge < -0.3 is 9.84 Å². The molecule has 1 unspecified atom stereocenters. The van der Waals surface area contributed by atoms with Crippen LogP contribution in [-0.2, 0) is 15.8 Å². The first-order valence-electron chi connectivity index (χ1n) is 9.90. The van der Waals surface area contributed by atoms with E-state index < -0.39 is 35.2 Å². The summed E-state index contributed by atoms with van der Waals surface area (Å²) in [5.41, 5.74) is -0.546. The van der Waals surface area contributed by atoms with Crippen molar-refractivity contribution in [2.75, 3.05) is 12.0 Å². The Balaban J connectivity index is 1.91. The van der Waals surface area contributed by atoms with Gasteiger partial charge in [0.25, 0.3) is 11.7 Å². The van der Waals surface area contributed by atoms with Gasteiger partial charge >= 0.3 is 6.18 Å². The minimum atomic E-state index is -4.63. The SMILES string of the molecule is COc1ccc(C(O)=C2C(=O)C(=O)N(c3cccc(C(F)(F)F)c3)C2c2ccccc2)cc1. The summed E-state index contributed by atoms with van der Waals surface area (Å²) in [5.74, 6) is -1.93. The molecule has 3 aromatic rings. The third kappa shape index (κ3) is 4.07. The second kappa shape index (κ2) is 8.46. The predicted molar refractivity (Wildman–Crippen MR) is 116 cm³/mol. The molecule has 1 heterocycles. The number of carbonyl (C=O) groups is 2. The molecule has 0 bridgehead atoms. The summed E-state index contributed by atoms with van der Waals surface area (Å²) in [6.45, 7) is 0. The van der Waals surface area contributed by atoms with Crippen molar-refractivity contribution < 1.29 is 32.6 Å². The smallest absolute Gasteiger partial charge is 0.416 e. The molecule has 1 fully saturated rings. The van der Waals surface area contributed by atoms with Crippen molar-refractivity contribution in [1.29, 1.82) is 0 Å². The van der Waals surface area contributed by atoms with Gasteiger partial charge in [0.15, 0.2) is 0 Å². The van der Waals surface area contributed by atoms with Crippen molar-refractivity contribution in [1.82, 2.24) is 0 Å². The fourth-order valence-corrected chi connectivity index (χ4v) is 3.79. The minimum absolute atomic E-state index is 0.102. The van der Waals surface area contributed by atoms with Crippen molar-refractivity contribution in [3.8, 4) is 5.75 Å². The molecule has 0 spiro atoms. The summed E-state index contributed by atoms with van der Waals surface area (Å²) in [7, 11) is 1.48. The van der Waals surface area contributed by atoms with Crippen LogP contribution in [0.4, 0.5) is 18.9 Å². The largest absolute Gasteiger partial charge is 0.507 e. The van der Waals surface area contributed by atoms with Gasteiger partial charge in [-0.05, 0) is 48.0 Å². The second-order valence-electron chi connectivity index (χ2n) is 7.36. The normalized spacial score (nSPS) is 17.9. The Morgan fingerprint density at radius 2 is 1.61 bits per heavy atom. The monoisotopic (exact) mass is 453 g/mol. The topological polar surface area (TPSA) is 66.8 Å². The maximum Gasteiger partial charge on any atom is 0.416 e. The van der Waals surface area contributed by atoms with Gasteiger partial charge in [0.2, 0.25) is 0 Å². The molecule has 0 radical (unpaired) electrons. The maximum absolute atomic E-state index is 13.3. The van der Waals surface area contributed by atoms with Gasteiger partial charge in [-0.1, -0.05) is 36.4 Å². The highest BCUT2D eigenvalue weighted by Crippen LogP contribution is 2.43. The van der Waals surface area contributed by atoms with Crippen LogP contribution in [0.2, 0.25) is 0 Å². The van der Waals surface area contributed by atoms with E-state index in [1.165, 1.54) is 31.4 Å². The minimum Gasteiger partial charge on any atom is -0.507 e. The number of ketones is 1. The summed E-state index contributed by atoms with van der Waals surface area (Å²) in [5, 5.41) is 11.0. The summed E-state index contributed by atoms with van der Waals surface area (Å²) >= 11 is 0. The van der Waals surface area contributed by atoms with Gasteiger partial charge in [0.05, 0.1) is 24.3 Å². The number of hydrogen-bond donors (Lipinski definition) is 1. The molecule has 3 aromatic carbocycles. The number of alkyl halides is 3. The Morgan fingerprint density at radius 3 is 2.21 bits per heavy atom. The number of ether oxygens (including phenoxy) is 1. The number of nitrogens with zero attached hydrogens (tertiary/aromatic N) is 1. The van der Waals surface area contributed by atoms with Crippen molar-refractivity contribution in [2.45, 2.75) is 12.2 Å². The molecule has 0 aliphatic carbocycles. The highest BCUT2D eigenvalue weighted by atomic mass is 19.4. The fourth-order valence-electron chi connectivity index (χ4n) is 3.79. The van der Waals surface area contributed by atoms with Gasteiger partial charge in [-0.2, -0.15) is 13.2 Å². The number of hydrogen-bond acceptors (Lipinski definition) is 4. The van der Waals surface area contributed by atoms with Gasteiger partial charge in [-0.15, -0.1) is 0 Å². The zero-order valence-electron chi connectivity index (χ0n) is 17.3. The van der Waals surface area contributed by atoms with E-state index in [2.05, 4.69) is 0 Å². The molecule has 1 amide bonds. The van der Waals surface area contributed by atoms with Crippen molar-refractivity contribution in [3.63, 3.8) is 0 Å². The van der Waals surface area contributed by atoms with Crippen LogP contribution in [-0.4, -0.2) is 23.9 Å². The van der Waals surface area contributed by atoms with Crippen LogP contribution < -0.4 is 9.64 Å². The van der Waals surface area contributed by atoms with Crippen LogP contribution >= 0.6 is 0 Å². The van der Waals surface area contributed by atoms with E-state index >= 15 is 0 Å². The lowest BCUT2D eigenvalue weighted by Gasteiger charge is -2.26. The molecule has 0 aromatic heterocycles. The first-order valence-corrected chi connectivity index (χ1v) is 9.90. The predicted octanol–water partition coefficient (Wildman–Crippen LogP) is 5.34. The number of benzene rings is 3. The van der Waals surface area contributed by atoms with E-state index in [-0.39, 0.29) is 16.8 Å². The van der Waals surface area contributed by atoms with E-state index in [4.69, 9.17) is 4.74 Å². The molecule has 1 aliphatic rings. The first-order chi connectivity index (χ1) is 15.7. The fraction of sp³-hybridized carbons (Fsp3) is 0.120. The van der Waals surface area contributed by atoms with E-state index in [1.807, 2.05) is 0 Å². The Hall–Kier alpha value is -4.07. The Kier molecular flexibility index (Phi) is 5.68. The van der Waals surface area contributed by atoms with Crippen LogP contribution in [0.3, 0.4) is 0 Å². The van der Waals surface area contributed by atoms with Gasteiger partial charge in [-0.25, -0.2) is 0 Å². The lowest BCUT2D eigenvalue weighted by Crippen LogP contribution is -2.29. The van der Waals surface area contributed by atoms with Crippen molar-refractivity contribution >= 4 is 23.1 Å². The standard InChI is InChI=1S/C25H18F3NO4/c1-33-19-12-10-16(11-13-19)22(30)20-21(15-6-3-2-4-7-15)29(24(32)23(20)31)18-9-5-8-17(14-18)25(26,27)28/h2-14,21,30H,1H3. The molecule has 5 nitrogen and oxygen atoms in total. The van der Waals surface area contributed by atoms with Crippen molar-refractivity contribution in [3.05, 3.63) is 101 Å². The molecular formula is C25H18F3NO4. The summed E-state index contributed by atoms with van der Waals surface area (Å²) < 4.78 is 45.0. The van der Waals surface area contributed by atoms with Crippen LogP contribution in [0.25, 0.3) is 5.76 Å². The third-order valence-corrected chi connectivity index (χ3v) is 5.37. The highest BCUT2D eigenvalue weighted by molar-refractivity contribution is 6.51. The quantitative estimate of drug-likeness (QED) is 0.329. The first kappa shape index (κ1) is 22.1. The molecule has 168 valence electrons. The Labute approximate surface area is 187 Å². The average molecular weight is 453 g/mol. The molecule has 8 heteroatoms. The van der Waals surface area contributed by atoms with Gasteiger partial charge in [-0.3, -0.25) is 14.5 Å². The number of anilines is 1. The number of amides is 1. The molecule has 0 saturated carbocycles. The number of aliphatic hydroxyl groups is 1. The number of rotatable bonds is 4. The van der Waals surface area contributed by atoms with Crippen LogP contribution in [0.15, 0.2) is 84.4 Å². The second-order valence-corrected chi connectivity index (χ2v) is 7.36. The summed E-state index contributed by atoms with van der Waals surface area (Å²) in [6, 6.07) is 17.6. The number of Topliss-reactive ketones (excluding diaryl/α,β-unsaturated/α-hetero) is 1. The van der Waals surface area contributed by atoms with Crippen LogP contribution in [0, 0.1) is 0 Å². The number of carbonyl (C=O) groups excluding carboxylic acids is 2.